The Morgan fingerprint density at radius 2 is 1.74 bits per heavy atom. The fourth-order valence-corrected chi connectivity index (χ4v) is 2.55. The van der Waals surface area contributed by atoms with Gasteiger partial charge in [0, 0.05) is 5.41 Å². The van der Waals surface area contributed by atoms with Gasteiger partial charge in [0.25, 0.3) is 0 Å². The summed E-state index contributed by atoms with van der Waals surface area (Å²) in [7, 11) is -3.51. The molecule has 0 heterocycles. The third-order valence-corrected chi connectivity index (χ3v) is 3.58. The predicted molar refractivity (Wildman–Crippen MR) is 76.3 cm³/mol. The van der Waals surface area contributed by atoms with Gasteiger partial charge in [-0.2, -0.15) is 0 Å². The molecule has 0 aromatic heterocycles. The molecule has 0 aliphatic carbocycles. The van der Waals surface area contributed by atoms with Crippen molar-refractivity contribution in [2.45, 2.75) is 33.6 Å². The molecule has 0 saturated carbocycles. The second-order valence-corrected chi connectivity index (χ2v) is 7.13. The average Bonchev–Trinajstić information content (AvgIpc) is 2.27. The van der Waals surface area contributed by atoms with Gasteiger partial charge in [0.2, 0.25) is 15.9 Å². The highest BCUT2D eigenvalue weighted by molar-refractivity contribution is 7.89. The van der Waals surface area contributed by atoms with Gasteiger partial charge >= 0.3 is 0 Å². The quantitative estimate of drug-likeness (QED) is 0.897. The van der Waals surface area contributed by atoms with Gasteiger partial charge in [0.1, 0.15) is 0 Å². The molecule has 0 aliphatic rings. The van der Waals surface area contributed by atoms with Gasteiger partial charge < -0.3 is 0 Å². The number of amides is 1. The first-order valence-corrected chi connectivity index (χ1v) is 8.14. The van der Waals surface area contributed by atoms with Crippen molar-refractivity contribution in [3.63, 3.8) is 0 Å². The number of aryl methyl sites for hydroxylation is 1. The SMILES string of the molecule is CCc1ccccc1CC(C)(C)C(=O)NS(C)(=O)=O. The van der Waals surface area contributed by atoms with Crippen LogP contribution in [0.25, 0.3) is 0 Å². The summed E-state index contributed by atoms with van der Waals surface area (Å²) < 4.78 is 24.3. The number of sulfonamides is 1. The van der Waals surface area contributed by atoms with Crippen LogP contribution in [-0.2, 0) is 27.7 Å². The molecule has 0 fully saturated rings. The zero-order chi connectivity index (χ0) is 14.7. The molecule has 0 radical (unpaired) electrons. The summed E-state index contributed by atoms with van der Waals surface area (Å²) in [4.78, 5) is 12.0. The number of nitrogens with one attached hydrogen (secondary N) is 1. The van der Waals surface area contributed by atoms with Crippen LogP contribution in [0.1, 0.15) is 31.9 Å². The maximum Gasteiger partial charge on any atom is 0.239 e. The molecule has 106 valence electrons. The van der Waals surface area contributed by atoms with Crippen molar-refractivity contribution in [1.29, 1.82) is 0 Å². The standard InChI is InChI=1S/C14H21NO3S/c1-5-11-8-6-7-9-12(11)10-14(2,3)13(16)15-19(4,17)18/h6-9H,5,10H2,1-4H3,(H,15,16). The Kier molecular flexibility index (Phi) is 4.74. The lowest BCUT2D eigenvalue weighted by atomic mass is 9.83. The van der Waals surface area contributed by atoms with Crippen LogP contribution in [-0.4, -0.2) is 20.6 Å². The summed E-state index contributed by atoms with van der Waals surface area (Å²) in [6.45, 7) is 5.56. The summed E-state index contributed by atoms with van der Waals surface area (Å²) in [5, 5.41) is 0. The Morgan fingerprint density at radius 3 is 2.21 bits per heavy atom. The van der Waals surface area contributed by atoms with E-state index < -0.39 is 21.3 Å². The Morgan fingerprint density at radius 1 is 1.21 bits per heavy atom. The molecule has 0 aliphatic heterocycles. The maximum absolute atomic E-state index is 12.0. The van der Waals surface area contributed by atoms with Crippen LogP contribution < -0.4 is 4.72 Å². The van der Waals surface area contributed by atoms with Crippen LogP contribution in [0.4, 0.5) is 0 Å². The van der Waals surface area contributed by atoms with E-state index >= 15 is 0 Å². The van der Waals surface area contributed by atoms with Crippen molar-refractivity contribution in [2.24, 2.45) is 5.41 Å². The molecular weight excluding hydrogens is 262 g/mol. The lowest BCUT2D eigenvalue weighted by Crippen LogP contribution is -2.41. The first kappa shape index (κ1) is 15.7. The molecule has 0 atom stereocenters. The summed E-state index contributed by atoms with van der Waals surface area (Å²) in [6.07, 6.45) is 2.39. The van der Waals surface area contributed by atoms with E-state index in [4.69, 9.17) is 0 Å². The molecule has 1 aromatic rings. The molecule has 0 spiro atoms. The second-order valence-electron chi connectivity index (χ2n) is 5.39. The predicted octanol–water partition coefficient (Wildman–Crippen LogP) is 1.89. The van der Waals surface area contributed by atoms with Gasteiger partial charge in [-0.3, -0.25) is 9.52 Å². The van der Waals surface area contributed by atoms with Crippen molar-refractivity contribution in [2.75, 3.05) is 6.26 Å². The molecule has 19 heavy (non-hydrogen) atoms. The van der Waals surface area contributed by atoms with Crippen LogP contribution in [0.5, 0.6) is 0 Å². The smallest absolute Gasteiger partial charge is 0.239 e. The molecule has 4 nitrogen and oxygen atoms in total. The zero-order valence-electron chi connectivity index (χ0n) is 11.9. The summed E-state index contributed by atoms with van der Waals surface area (Å²) in [6, 6.07) is 7.90. The molecule has 0 bridgehead atoms. The fraction of sp³-hybridized carbons (Fsp3) is 0.500. The Balaban J connectivity index is 2.93. The molecule has 1 N–H and O–H groups in total. The number of rotatable bonds is 5. The van der Waals surface area contributed by atoms with Crippen molar-refractivity contribution < 1.29 is 13.2 Å². The van der Waals surface area contributed by atoms with Gasteiger partial charge in [-0.15, -0.1) is 0 Å². The Labute approximate surface area is 115 Å². The maximum atomic E-state index is 12.0. The molecule has 1 aromatic carbocycles. The van der Waals surface area contributed by atoms with Gasteiger partial charge in [-0.05, 0) is 24.0 Å². The molecule has 5 heteroatoms. The van der Waals surface area contributed by atoms with E-state index in [0.29, 0.717) is 6.42 Å². The van der Waals surface area contributed by atoms with Crippen LogP contribution in [0.3, 0.4) is 0 Å². The van der Waals surface area contributed by atoms with Gasteiger partial charge in [0.15, 0.2) is 0 Å². The Bertz CT molecular complexity index is 562. The first-order chi connectivity index (χ1) is 8.65. The van der Waals surface area contributed by atoms with Crippen LogP contribution in [0.15, 0.2) is 24.3 Å². The van der Waals surface area contributed by atoms with Gasteiger partial charge in [-0.1, -0.05) is 45.0 Å². The highest BCUT2D eigenvalue weighted by Gasteiger charge is 2.30. The van der Waals surface area contributed by atoms with E-state index in [1.165, 1.54) is 5.56 Å². The molecular formula is C14H21NO3S. The van der Waals surface area contributed by atoms with Crippen LogP contribution in [0, 0.1) is 5.41 Å². The van der Waals surface area contributed by atoms with Crippen LogP contribution in [0.2, 0.25) is 0 Å². The third kappa shape index (κ3) is 4.67. The van der Waals surface area contributed by atoms with E-state index in [1.807, 2.05) is 24.3 Å². The summed E-state index contributed by atoms with van der Waals surface area (Å²) in [5.74, 6) is -0.471. The second kappa shape index (κ2) is 5.74. The van der Waals surface area contributed by atoms with E-state index in [-0.39, 0.29) is 0 Å². The minimum Gasteiger partial charge on any atom is -0.273 e. The number of hydrogen-bond acceptors (Lipinski definition) is 3. The normalized spacial score (nSPS) is 12.2. The lowest BCUT2D eigenvalue weighted by molar-refractivity contribution is -0.127. The van der Waals surface area contributed by atoms with Crippen molar-refractivity contribution in [1.82, 2.24) is 4.72 Å². The number of carbonyl (C=O) groups is 1. The zero-order valence-corrected chi connectivity index (χ0v) is 12.7. The minimum atomic E-state index is -3.51. The largest absolute Gasteiger partial charge is 0.273 e. The topological polar surface area (TPSA) is 63.2 Å². The number of benzene rings is 1. The van der Waals surface area contributed by atoms with E-state index in [0.717, 1.165) is 18.2 Å². The highest BCUT2D eigenvalue weighted by atomic mass is 32.2. The summed E-state index contributed by atoms with van der Waals surface area (Å²) >= 11 is 0. The molecule has 1 amide bonds. The van der Waals surface area contributed by atoms with E-state index in [1.54, 1.807) is 13.8 Å². The number of carbonyl (C=O) groups excluding carboxylic acids is 1. The Hall–Kier alpha value is -1.36. The van der Waals surface area contributed by atoms with Crippen molar-refractivity contribution in [3.8, 4) is 0 Å². The fourth-order valence-electron chi connectivity index (χ4n) is 1.94. The monoisotopic (exact) mass is 283 g/mol. The van der Waals surface area contributed by atoms with Crippen molar-refractivity contribution in [3.05, 3.63) is 35.4 Å². The van der Waals surface area contributed by atoms with E-state index in [2.05, 4.69) is 11.6 Å². The van der Waals surface area contributed by atoms with Crippen molar-refractivity contribution >= 4 is 15.9 Å². The van der Waals surface area contributed by atoms with E-state index in [9.17, 15) is 13.2 Å². The first-order valence-electron chi connectivity index (χ1n) is 6.24. The summed E-state index contributed by atoms with van der Waals surface area (Å²) in [5.41, 5.74) is 1.50. The van der Waals surface area contributed by atoms with Gasteiger partial charge in [-0.25, -0.2) is 8.42 Å². The lowest BCUT2D eigenvalue weighted by Gasteiger charge is -2.24. The third-order valence-electron chi connectivity index (χ3n) is 3.02. The minimum absolute atomic E-state index is 0.471. The molecule has 0 unspecified atom stereocenters. The highest BCUT2D eigenvalue weighted by Crippen LogP contribution is 2.24. The molecule has 0 saturated heterocycles. The van der Waals surface area contributed by atoms with Crippen LogP contribution >= 0.6 is 0 Å². The number of hydrogen-bond donors (Lipinski definition) is 1. The molecule has 1 rings (SSSR count). The van der Waals surface area contributed by atoms with Gasteiger partial charge in [0.05, 0.1) is 6.26 Å². The average molecular weight is 283 g/mol.